The lowest BCUT2D eigenvalue weighted by atomic mass is 10.0. The van der Waals surface area contributed by atoms with Gasteiger partial charge in [-0.1, -0.05) is 18.2 Å². The van der Waals surface area contributed by atoms with E-state index in [4.69, 9.17) is 0 Å². The maximum Gasteiger partial charge on any atom is 0.319 e. The predicted molar refractivity (Wildman–Crippen MR) is 69.1 cm³/mol. The lowest BCUT2D eigenvalue weighted by molar-refractivity contribution is 0.239. The minimum absolute atomic E-state index is 0.128. The van der Waals surface area contributed by atoms with E-state index in [0.29, 0.717) is 6.04 Å². The van der Waals surface area contributed by atoms with Gasteiger partial charge in [0, 0.05) is 17.8 Å². The average Bonchev–Trinajstić information content (AvgIpc) is 2.33. The summed E-state index contributed by atoms with van der Waals surface area (Å²) in [6.07, 6.45) is 2.15. The maximum atomic E-state index is 11.8. The molecule has 1 saturated heterocycles. The monoisotopic (exact) mass is 233 g/mol. The Morgan fingerprint density at radius 3 is 2.82 bits per heavy atom. The zero-order valence-corrected chi connectivity index (χ0v) is 10.1. The molecular weight excluding hydrogens is 214 g/mol. The Hall–Kier alpha value is -1.55. The Morgan fingerprint density at radius 1 is 1.35 bits per heavy atom. The van der Waals surface area contributed by atoms with Gasteiger partial charge in [-0.2, -0.15) is 0 Å². The molecule has 0 aliphatic carbocycles. The van der Waals surface area contributed by atoms with Gasteiger partial charge in [-0.15, -0.1) is 0 Å². The third kappa shape index (κ3) is 3.46. The number of carbonyl (C=O) groups excluding carboxylic acids is 1. The largest absolute Gasteiger partial charge is 0.334 e. The first kappa shape index (κ1) is 11.9. The number of rotatable bonds is 2. The van der Waals surface area contributed by atoms with E-state index >= 15 is 0 Å². The summed E-state index contributed by atoms with van der Waals surface area (Å²) in [7, 11) is 0. The maximum absolute atomic E-state index is 11.8. The molecular formula is C13H19N3O. The molecule has 0 bridgehead atoms. The van der Waals surface area contributed by atoms with E-state index in [-0.39, 0.29) is 12.1 Å². The van der Waals surface area contributed by atoms with Crippen molar-refractivity contribution in [3.05, 3.63) is 30.3 Å². The molecule has 0 spiro atoms. The predicted octanol–water partition coefficient (Wildman–Crippen LogP) is 1.95. The van der Waals surface area contributed by atoms with Crippen molar-refractivity contribution in [2.75, 3.05) is 11.9 Å². The summed E-state index contributed by atoms with van der Waals surface area (Å²) in [5, 5.41) is 9.20. The first-order chi connectivity index (χ1) is 8.25. The number of hydrogen-bond acceptors (Lipinski definition) is 2. The van der Waals surface area contributed by atoms with Crippen molar-refractivity contribution in [1.82, 2.24) is 10.6 Å². The molecule has 1 aromatic rings. The number of carbonyl (C=O) groups is 1. The Bertz CT molecular complexity index is 366. The van der Waals surface area contributed by atoms with Crippen LogP contribution >= 0.6 is 0 Å². The highest BCUT2D eigenvalue weighted by Gasteiger charge is 2.22. The molecule has 0 radical (unpaired) electrons. The fraction of sp³-hybridized carbons (Fsp3) is 0.462. The Balaban J connectivity index is 1.84. The van der Waals surface area contributed by atoms with E-state index in [0.717, 1.165) is 25.1 Å². The van der Waals surface area contributed by atoms with E-state index in [2.05, 4.69) is 22.9 Å². The Morgan fingerprint density at radius 2 is 2.12 bits per heavy atom. The number of benzene rings is 1. The van der Waals surface area contributed by atoms with Gasteiger partial charge in [0.1, 0.15) is 0 Å². The van der Waals surface area contributed by atoms with Crippen LogP contribution in [0.3, 0.4) is 0 Å². The number of nitrogens with one attached hydrogen (secondary N) is 3. The van der Waals surface area contributed by atoms with Gasteiger partial charge in [0.2, 0.25) is 0 Å². The summed E-state index contributed by atoms with van der Waals surface area (Å²) in [5.74, 6) is 0. The quantitative estimate of drug-likeness (QED) is 0.731. The summed E-state index contributed by atoms with van der Waals surface area (Å²) in [6, 6.07) is 9.91. The molecule has 4 nitrogen and oxygen atoms in total. The molecule has 1 fully saturated rings. The zero-order valence-electron chi connectivity index (χ0n) is 10.1. The van der Waals surface area contributed by atoms with Gasteiger partial charge in [0.25, 0.3) is 0 Å². The van der Waals surface area contributed by atoms with Crippen LogP contribution in [0.1, 0.15) is 19.8 Å². The van der Waals surface area contributed by atoms with E-state index < -0.39 is 0 Å². The van der Waals surface area contributed by atoms with Crippen LogP contribution in [0.15, 0.2) is 30.3 Å². The number of piperidine rings is 1. The molecule has 2 atom stereocenters. The lowest BCUT2D eigenvalue weighted by Crippen LogP contribution is -2.52. The van der Waals surface area contributed by atoms with Crippen molar-refractivity contribution >= 4 is 11.7 Å². The molecule has 2 unspecified atom stereocenters. The molecule has 17 heavy (non-hydrogen) atoms. The van der Waals surface area contributed by atoms with Gasteiger partial charge in [-0.05, 0) is 38.4 Å². The first-order valence-corrected chi connectivity index (χ1v) is 6.11. The minimum atomic E-state index is -0.128. The Kier molecular flexibility index (Phi) is 3.98. The number of anilines is 1. The fourth-order valence-electron chi connectivity index (χ4n) is 2.10. The van der Waals surface area contributed by atoms with E-state index in [1.165, 1.54) is 0 Å². The van der Waals surface area contributed by atoms with Gasteiger partial charge in [0.05, 0.1) is 0 Å². The van der Waals surface area contributed by atoms with Gasteiger partial charge < -0.3 is 16.0 Å². The van der Waals surface area contributed by atoms with Crippen LogP contribution in [0.25, 0.3) is 0 Å². The summed E-state index contributed by atoms with van der Waals surface area (Å²) < 4.78 is 0. The molecule has 3 N–H and O–H groups in total. The summed E-state index contributed by atoms with van der Waals surface area (Å²) in [6.45, 7) is 3.15. The molecule has 1 aliphatic rings. The topological polar surface area (TPSA) is 53.2 Å². The highest BCUT2D eigenvalue weighted by atomic mass is 16.2. The minimum Gasteiger partial charge on any atom is -0.334 e. The third-order valence-corrected chi connectivity index (χ3v) is 3.11. The molecule has 0 aromatic heterocycles. The number of hydrogen-bond donors (Lipinski definition) is 3. The van der Waals surface area contributed by atoms with E-state index in [1.807, 2.05) is 30.3 Å². The summed E-state index contributed by atoms with van der Waals surface area (Å²) in [5.41, 5.74) is 0.821. The standard InChI is InChI=1S/C13H19N3O/c1-10-12(8-5-9-14-10)16-13(17)15-11-6-3-2-4-7-11/h2-4,6-7,10,12,14H,5,8-9H2,1H3,(H2,15,16,17). The van der Waals surface area contributed by atoms with Crippen LogP contribution in [0, 0.1) is 0 Å². The van der Waals surface area contributed by atoms with Crippen LogP contribution in [-0.4, -0.2) is 24.7 Å². The Labute approximate surface area is 102 Å². The highest BCUT2D eigenvalue weighted by molar-refractivity contribution is 5.89. The molecule has 2 amide bonds. The van der Waals surface area contributed by atoms with Crippen molar-refractivity contribution in [3.8, 4) is 0 Å². The van der Waals surface area contributed by atoms with E-state index in [9.17, 15) is 4.79 Å². The molecule has 2 rings (SSSR count). The van der Waals surface area contributed by atoms with Crippen molar-refractivity contribution < 1.29 is 4.79 Å². The highest BCUT2D eigenvalue weighted by Crippen LogP contribution is 2.09. The van der Waals surface area contributed by atoms with Crippen molar-refractivity contribution in [1.29, 1.82) is 0 Å². The zero-order chi connectivity index (χ0) is 12.1. The van der Waals surface area contributed by atoms with E-state index in [1.54, 1.807) is 0 Å². The van der Waals surface area contributed by atoms with Gasteiger partial charge >= 0.3 is 6.03 Å². The SMILES string of the molecule is CC1NCCCC1NC(=O)Nc1ccccc1. The normalized spacial score (nSPS) is 24.1. The molecule has 1 heterocycles. The number of para-hydroxylation sites is 1. The van der Waals surface area contributed by atoms with Crippen LogP contribution in [0.5, 0.6) is 0 Å². The molecule has 1 aliphatic heterocycles. The van der Waals surface area contributed by atoms with Crippen LogP contribution in [0.4, 0.5) is 10.5 Å². The van der Waals surface area contributed by atoms with Crippen molar-refractivity contribution in [2.45, 2.75) is 31.8 Å². The van der Waals surface area contributed by atoms with Crippen molar-refractivity contribution in [2.24, 2.45) is 0 Å². The second-order valence-electron chi connectivity index (χ2n) is 4.46. The van der Waals surface area contributed by atoms with Crippen LogP contribution < -0.4 is 16.0 Å². The second kappa shape index (κ2) is 5.68. The number of urea groups is 1. The number of amides is 2. The summed E-state index contributed by atoms with van der Waals surface area (Å²) >= 11 is 0. The molecule has 0 saturated carbocycles. The average molecular weight is 233 g/mol. The first-order valence-electron chi connectivity index (χ1n) is 6.11. The molecule has 92 valence electrons. The van der Waals surface area contributed by atoms with Crippen LogP contribution in [-0.2, 0) is 0 Å². The smallest absolute Gasteiger partial charge is 0.319 e. The van der Waals surface area contributed by atoms with Crippen molar-refractivity contribution in [3.63, 3.8) is 0 Å². The molecule has 1 aromatic carbocycles. The second-order valence-corrected chi connectivity index (χ2v) is 4.46. The van der Waals surface area contributed by atoms with Gasteiger partial charge in [-0.25, -0.2) is 4.79 Å². The van der Waals surface area contributed by atoms with Gasteiger partial charge in [-0.3, -0.25) is 0 Å². The fourth-order valence-corrected chi connectivity index (χ4v) is 2.10. The third-order valence-electron chi connectivity index (χ3n) is 3.11. The summed E-state index contributed by atoms with van der Waals surface area (Å²) in [4.78, 5) is 11.8. The molecule has 4 heteroatoms. The van der Waals surface area contributed by atoms with Crippen LogP contribution in [0.2, 0.25) is 0 Å². The lowest BCUT2D eigenvalue weighted by Gasteiger charge is -2.30. The van der Waals surface area contributed by atoms with Gasteiger partial charge in [0.15, 0.2) is 0 Å².